The molecule has 0 atom stereocenters. The number of ketones is 1. The van der Waals surface area contributed by atoms with Crippen LogP contribution in [0.25, 0.3) is 0 Å². The molecule has 0 fully saturated rings. The average Bonchev–Trinajstić information content (AvgIpc) is 2.09. The van der Waals surface area contributed by atoms with Crippen molar-refractivity contribution in [1.29, 1.82) is 0 Å². The molecule has 0 amide bonds. The van der Waals surface area contributed by atoms with Crippen molar-refractivity contribution in [3.63, 3.8) is 0 Å². The van der Waals surface area contributed by atoms with Crippen molar-refractivity contribution >= 4 is 5.78 Å². The quantitative estimate of drug-likeness (QED) is 0.798. The Morgan fingerprint density at radius 3 is 2.50 bits per heavy atom. The second-order valence-corrected chi connectivity index (χ2v) is 3.64. The zero-order valence-electron chi connectivity index (χ0n) is 8.92. The van der Waals surface area contributed by atoms with Crippen LogP contribution < -0.4 is 0 Å². The summed E-state index contributed by atoms with van der Waals surface area (Å²) in [6.07, 6.45) is 1.25. The molecule has 76 valence electrons. The SMILES string of the molecule is CCc1cc(CC(C)=O)c(C)cc1O. The highest BCUT2D eigenvalue weighted by Gasteiger charge is 2.06. The molecule has 0 radical (unpaired) electrons. The highest BCUT2D eigenvalue weighted by molar-refractivity contribution is 5.78. The number of phenols is 1. The number of carbonyl (C=O) groups excluding carboxylic acids is 1. The Balaban J connectivity index is 3.10. The fourth-order valence-corrected chi connectivity index (χ4v) is 1.53. The molecule has 0 saturated carbocycles. The maximum atomic E-state index is 11.0. The molecule has 0 aliphatic rings. The molecule has 0 heterocycles. The summed E-state index contributed by atoms with van der Waals surface area (Å²) >= 11 is 0. The van der Waals surface area contributed by atoms with Gasteiger partial charge in [0, 0.05) is 6.42 Å². The first-order chi connectivity index (χ1) is 6.54. The van der Waals surface area contributed by atoms with Crippen LogP contribution in [0, 0.1) is 6.92 Å². The fourth-order valence-electron chi connectivity index (χ4n) is 1.53. The minimum atomic E-state index is 0.154. The first-order valence-corrected chi connectivity index (χ1v) is 4.85. The van der Waals surface area contributed by atoms with E-state index in [2.05, 4.69) is 0 Å². The van der Waals surface area contributed by atoms with Crippen LogP contribution in [0.3, 0.4) is 0 Å². The largest absolute Gasteiger partial charge is 0.508 e. The highest BCUT2D eigenvalue weighted by atomic mass is 16.3. The van der Waals surface area contributed by atoms with Crippen LogP contribution in [0.4, 0.5) is 0 Å². The first kappa shape index (κ1) is 10.8. The lowest BCUT2D eigenvalue weighted by molar-refractivity contribution is -0.116. The van der Waals surface area contributed by atoms with Gasteiger partial charge in [-0.2, -0.15) is 0 Å². The summed E-state index contributed by atoms with van der Waals surface area (Å²) in [5, 5.41) is 9.56. The van der Waals surface area contributed by atoms with Gasteiger partial charge in [-0.1, -0.05) is 13.0 Å². The monoisotopic (exact) mass is 192 g/mol. The van der Waals surface area contributed by atoms with E-state index < -0.39 is 0 Å². The topological polar surface area (TPSA) is 37.3 Å². The molecule has 0 spiro atoms. The van der Waals surface area contributed by atoms with Gasteiger partial charge in [-0.25, -0.2) is 0 Å². The number of hydrogen-bond acceptors (Lipinski definition) is 2. The smallest absolute Gasteiger partial charge is 0.134 e. The van der Waals surface area contributed by atoms with Gasteiger partial charge in [-0.05, 0) is 43.0 Å². The molecule has 1 N–H and O–H groups in total. The predicted octanol–water partition coefficient (Wildman–Crippen LogP) is 2.39. The minimum absolute atomic E-state index is 0.154. The number of rotatable bonds is 3. The Kier molecular flexibility index (Phi) is 3.28. The standard InChI is InChI=1S/C12H16O2/c1-4-10-7-11(6-9(3)13)8(2)5-12(10)14/h5,7,14H,4,6H2,1-3H3. The van der Waals surface area contributed by atoms with Crippen LogP contribution in [0.2, 0.25) is 0 Å². The van der Waals surface area contributed by atoms with Crippen molar-refractivity contribution < 1.29 is 9.90 Å². The van der Waals surface area contributed by atoms with Crippen LogP contribution in [0.5, 0.6) is 5.75 Å². The van der Waals surface area contributed by atoms with E-state index in [0.29, 0.717) is 12.2 Å². The number of aromatic hydroxyl groups is 1. The molecule has 0 saturated heterocycles. The highest BCUT2D eigenvalue weighted by Crippen LogP contribution is 2.23. The maximum Gasteiger partial charge on any atom is 0.134 e. The second kappa shape index (κ2) is 4.27. The zero-order chi connectivity index (χ0) is 10.7. The van der Waals surface area contributed by atoms with E-state index in [9.17, 15) is 9.90 Å². The summed E-state index contributed by atoms with van der Waals surface area (Å²) in [6, 6.07) is 3.66. The fraction of sp³-hybridized carbons (Fsp3) is 0.417. The lowest BCUT2D eigenvalue weighted by Crippen LogP contribution is -2.00. The summed E-state index contributed by atoms with van der Waals surface area (Å²) in [4.78, 5) is 11.0. The summed E-state index contributed by atoms with van der Waals surface area (Å²) < 4.78 is 0. The van der Waals surface area contributed by atoms with Gasteiger partial charge in [-0.15, -0.1) is 0 Å². The van der Waals surface area contributed by atoms with E-state index in [1.54, 1.807) is 13.0 Å². The van der Waals surface area contributed by atoms with Crippen molar-refractivity contribution in [2.45, 2.75) is 33.6 Å². The van der Waals surface area contributed by atoms with Crippen molar-refractivity contribution in [2.75, 3.05) is 0 Å². The van der Waals surface area contributed by atoms with Crippen LogP contribution in [0.15, 0.2) is 12.1 Å². The van der Waals surface area contributed by atoms with Crippen LogP contribution in [0.1, 0.15) is 30.5 Å². The van der Waals surface area contributed by atoms with E-state index in [0.717, 1.165) is 23.1 Å². The Bertz CT molecular complexity index is 354. The molecule has 0 aliphatic heterocycles. The lowest BCUT2D eigenvalue weighted by atomic mass is 9.99. The third kappa shape index (κ3) is 2.34. The summed E-state index contributed by atoms with van der Waals surface area (Å²) in [7, 11) is 0. The van der Waals surface area contributed by atoms with Gasteiger partial charge < -0.3 is 5.11 Å². The Morgan fingerprint density at radius 1 is 1.36 bits per heavy atom. The molecule has 2 nitrogen and oxygen atoms in total. The molecule has 1 aromatic carbocycles. The summed E-state index contributed by atoms with van der Waals surface area (Å²) in [5.74, 6) is 0.484. The van der Waals surface area contributed by atoms with E-state index in [-0.39, 0.29) is 5.78 Å². The molecule has 0 aliphatic carbocycles. The maximum absolute atomic E-state index is 11.0. The van der Waals surface area contributed by atoms with E-state index in [1.807, 2.05) is 19.9 Å². The Labute approximate surface area is 84.6 Å². The number of hydrogen-bond donors (Lipinski definition) is 1. The molecule has 0 bridgehead atoms. The molecule has 1 rings (SSSR count). The number of phenolic OH excluding ortho intramolecular Hbond substituents is 1. The Morgan fingerprint density at radius 2 is 2.00 bits per heavy atom. The normalized spacial score (nSPS) is 10.2. The lowest BCUT2D eigenvalue weighted by Gasteiger charge is -2.08. The molecule has 2 heteroatoms. The third-order valence-electron chi connectivity index (χ3n) is 2.36. The second-order valence-electron chi connectivity index (χ2n) is 3.64. The number of benzene rings is 1. The van der Waals surface area contributed by atoms with Gasteiger partial charge in [-0.3, -0.25) is 4.79 Å². The molecule has 1 aromatic rings. The van der Waals surface area contributed by atoms with Crippen molar-refractivity contribution in [1.82, 2.24) is 0 Å². The van der Waals surface area contributed by atoms with E-state index in [1.165, 1.54) is 0 Å². The van der Waals surface area contributed by atoms with Crippen molar-refractivity contribution in [3.8, 4) is 5.75 Å². The van der Waals surface area contributed by atoms with Crippen LogP contribution in [-0.2, 0) is 17.6 Å². The number of Topliss-reactive ketones (excluding diaryl/α,β-unsaturated/α-hetero) is 1. The van der Waals surface area contributed by atoms with Gasteiger partial charge in [0.2, 0.25) is 0 Å². The van der Waals surface area contributed by atoms with Crippen LogP contribution >= 0.6 is 0 Å². The van der Waals surface area contributed by atoms with Crippen molar-refractivity contribution in [3.05, 3.63) is 28.8 Å². The van der Waals surface area contributed by atoms with Gasteiger partial charge in [0.05, 0.1) is 0 Å². The summed E-state index contributed by atoms with van der Waals surface area (Å²) in [6.45, 7) is 5.48. The molecule has 14 heavy (non-hydrogen) atoms. The molecule has 0 aromatic heterocycles. The van der Waals surface area contributed by atoms with Gasteiger partial charge >= 0.3 is 0 Å². The van der Waals surface area contributed by atoms with Crippen LogP contribution in [-0.4, -0.2) is 10.9 Å². The van der Waals surface area contributed by atoms with Gasteiger partial charge in [0.15, 0.2) is 0 Å². The average molecular weight is 192 g/mol. The van der Waals surface area contributed by atoms with Crippen molar-refractivity contribution in [2.24, 2.45) is 0 Å². The molecular weight excluding hydrogens is 176 g/mol. The number of aryl methyl sites for hydroxylation is 2. The van der Waals surface area contributed by atoms with E-state index in [4.69, 9.17) is 0 Å². The minimum Gasteiger partial charge on any atom is -0.508 e. The molecule has 0 unspecified atom stereocenters. The number of carbonyl (C=O) groups is 1. The zero-order valence-corrected chi connectivity index (χ0v) is 8.92. The third-order valence-corrected chi connectivity index (χ3v) is 2.36. The summed E-state index contributed by atoms with van der Waals surface area (Å²) in [5.41, 5.74) is 2.91. The van der Waals surface area contributed by atoms with E-state index >= 15 is 0 Å². The molecular formula is C12H16O2. The van der Waals surface area contributed by atoms with Gasteiger partial charge in [0.25, 0.3) is 0 Å². The predicted molar refractivity (Wildman–Crippen MR) is 56.6 cm³/mol. The Hall–Kier alpha value is -1.31. The van der Waals surface area contributed by atoms with Gasteiger partial charge in [0.1, 0.15) is 11.5 Å². The first-order valence-electron chi connectivity index (χ1n) is 4.85.